The van der Waals surface area contributed by atoms with Gasteiger partial charge in [-0.15, -0.1) is 0 Å². The summed E-state index contributed by atoms with van der Waals surface area (Å²) in [7, 11) is 0. The fourth-order valence-corrected chi connectivity index (χ4v) is 3.10. The van der Waals surface area contributed by atoms with Gasteiger partial charge in [0.2, 0.25) is 0 Å². The van der Waals surface area contributed by atoms with Gasteiger partial charge in [-0.1, -0.05) is 51.1 Å². The molecule has 0 saturated carbocycles. The van der Waals surface area contributed by atoms with Crippen molar-refractivity contribution in [2.24, 2.45) is 5.41 Å². The van der Waals surface area contributed by atoms with Gasteiger partial charge in [0.1, 0.15) is 0 Å². The fraction of sp³-hybridized carbons (Fsp3) is 0.238. The number of fused-ring (bicyclic) bond motifs is 2. The van der Waals surface area contributed by atoms with Crippen molar-refractivity contribution in [1.82, 2.24) is 4.57 Å². The molecule has 122 valence electrons. The Kier molecular flexibility index (Phi) is 3.88. The normalized spacial score (nSPS) is 12.8. The van der Waals surface area contributed by atoms with Crippen LogP contribution in [0.1, 0.15) is 32.5 Å². The van der Waals surface area contributed by atoms with E-state index in [1.165, 1.54) is 0 Å². The number of allylic oxidation sites excluding steroid dienone is 2. The van der Waals surface area contributed by atoms with Crippen LogP contribution in [0.4, 0.5) is 0 Å². The second kappa shape index (κ2) is 5.75. The zero-order chi connectivity index (χ0) is 17.5. The van der Waals surface area contributed by atoms with Crippen LogP contribution < -0.4 is 5.43 Å². The SMILES string of the molecule is C/C(=C\C(C)(C)C)C(=O)n1c2ccccc2c(=O)c2ccccc21. The molecule has 0 spiro atoms. The Hall–Kier alpha value is -2.68. The van der Waals surface area contributed by atoms with Crippen molar-refractivity contribution < 1.29 is 4.79 Å². The first-order chi connectivity index (χ1) is 11.3. The molecule has 1 heterocycles. The average Bonchev–Trinajstić information content (AvgIpc) is 2.53. The summed E-state index contributed by atoms with van der Waals surface area (Å²) in [6.07, 6.45) is 1.97. The Labute approximate surface area is 141 Å². The molecule has 0 fully saturated rings. The Morgan fingerprint density at radius 3 is 1.83 bits per heavy atom. The zero-order valence-electron chi connectivity index (χ0n) is 14.5. The maximum Gasteiger partial charge on any atom is 0.258 e. The summed E-state index contributed by atoms with van der Waals surface area (Å²) < 4.78 is 1.66. The van der Waals surface area contributed by atoms with Crippen molar-refractivity contribution in [3.63, 3.8) is 0 Å². The molecule has 3 aromatic rings. The third-order valence-electron chi connectivity index (χ3n) is 3.97. The molecule has 0 radical (unpaired) electrons. The maximum atomic E-state index is 13.2. The van der Waals surface area contributed by atoms with Crippen molar-refractivity contribution >= 4 is 27.7 Å². The highest BCUT2D eigenvalue weighted by atomic mass is 16.2. The van der Waals surface area contributed by atoms with E-state index in [0.29, 0.717) is 27.4 Å². The topological polar surface area (TPSA) is 39.1 Å². The molecule has 0 amide bonds. The van der Waals surface area contributed by atoms with Crippen LogP contribution in [0.5, 0.6) is 0 Å². The van der Waals surface area contributed by atoms with Crippen molar-refractivity contribution in [2.45, 2.75) is 27.7 Å². The molecule has 0 N–H and O–H groups in total. The second-order valence-corrected chi connectivity index (χ2v) is 7.20. The third kappa shape index (κ3) is 2.78. The summed E-state index contributed by atoms with van der Waals surface area (Å²) >= 11 is 0. The number of rotatable bonds is 1. The maximum absolute atomic E-state index is 13.2. The van der Waals surface area contributed by atoms with E-state index in [1.54, 1.807) is 16.7 Å². The molecule has 0 bridgehead atoms. The van der Waals surface area contributed by atoms with Gasteiger partial charge in [0.25, 0.3) is 5.91 Å². The smallest absolute Gasteiger partial charge is 0.258 e. The standard InChI is InChI=1S/C21H21NO2/c1-14(13-21(2,3)4)20(24)22-17-11-7-5-9-15(17)19(23)16-10-6-8-12-18(16)22/h5-13H,1-4H3/b14-13+. The van der Waals surface area contributed by atoms with E-state index in [0.717, 1.165) is 0 Å². The van der Waals surface area contributed by atoms with E-state index >= 15 is 0 Å². The van der Waals surface area contributed by atoms with Crippen molar-refractivity contribution in [3.05, 3.63) is 70.4 Å². The van der Waals surface area contributed by atoms with Gasteiger partial charge in [-0.05, 0) is 36.6 Å². The van der Waals surface area contributed by atoms with Crippen LogP contribution in [0, 0.1) is 5.41 Å². The number of carbonyl (C=O) groups excluding carboxylic acids is 1. The minimum atomic E-state index is -0.0997. The highest BCUT2D eigenvalue weighted by Gasteiger charge is 2.18. The first-order valence-electron chi connectivity index (χ1n) is 8.06. The minimum absolute atomic E-state index is 0.0392. The molecule has 0 saturated heterocycles. The highest BCUT2D eigenvalue weighted by molar-refractivity contribution is 6.08. The van der Waals surface area contributed by atoms with Crippen LogP contribution >= 0.6 is 0 Å². The second-order valence-electron chi connectivity index (χ2n) is 7.20. The summed E-state index contributed by atoms with van der Waals surface area (Å²) in [6, 6.07) is 14.5. The third-order valence-corrected chi connectivity index (χ3v) is 3.97. The molecule has 0 aliphatic carbocycles. The number of para-hydroxylation sites is 2. The monoisotopic (exact) mass is 319 g/mol. The average molecular weight is 319 g/mol. The Morgan fingerprint density at radius 1 is 0.917 bits per heavy atom. The summed E-state index contributed by atoms with van der Waals surface area (Å²) in [4.78, 5) is 25.9. The van der Waals surface area contributed by atoms with E-state index in [4.69, 9.17) is 0 Å². The molecule has 1 aromatic heterocycles. The molecule has 0 aliphatic heterocycles. The largest absolute Gasteiger partial charge is 0.288 e. The number of aromatic nitrogens is 1. The van der Waals surface area contributed by atoms with E-state index in [-0.39, 0.29) is 16.8 Å². The first-order valence-corrected chi connectivity index (χ1v) is 8.06. The van der Waals surface area contributed by atoms with Crippen LogP contribution in [0.25, 0.3) is 21.8 Å². The summed E-state index contributed by atoms with van der Waals surface area (Å²) in [5.74, 6) is -0.0997. The molecule has 3 rings (SSSR count). The number of nitrogens with zero attached hydrogens (tertiary/aromatic N) is 1. The lowest BCUT2D eigenvalue weighted by Gasteiger charge is -2.17. The number of pyridine rings is 1. The zero-order valence-corrected chi connectivity index (χ0v) is 14.5. The van der Waals surface area contributed by atoms with Crippen molar-refractivity contribution in [2.75, 3.05) is 0 Å². The van der Waals surface area contributed by atoms with Gasteiger partial charge in [-0.3, -0.25) is 14.2 Å². The number of hydrogen-bond acceptors (Lipinski definition) is 2. The lowest BCUT2D eigenvalue weighted by molar-refractivity contribution is 0.0962. The van der Waals surface area contributed by atoms with E-state index in [9.17, 15) is 9.59 Å². The molecule has 3 heteroatoms. The van der Waals surface area contributed by atoms with Gasteiger partial charge < -0.3 is 0 Å². The molecule has 3 nitrogen and oxygen atoms in total. The molecule has 24 heavy (non-hydrogen) atoms. The quantitative estimate of drug-likeness (QED) is 0.478. The van der Waals surface area contributed by atoms with E-state index < -0.39 is 0 Å². The van der Waals surface area contributed by atoms with Crippen LogP contribution in [-0.2, 0) is 0 Å². The number of carbonyl (C=O) groups is 1. The van der Waals surface area contributed by atoms with Crippen LogP contribution in [0.15, 0.2) is 65.0 Å². The van der Waals surface area contributed by atoms with Crippen LogP contribution in [0.2, 0.25) is 0 Å². The van der Waals surface area contributed by atoms with Gasteiger partial charge in [-0.2, -0.15) is 0 Å². The molecule has 0 atom stereocenters. The van der Waals surface area contributed by atoms with Crippen LogP contribution in [-0.4, -0.2) is 10.5 Å². The summed E-state index contributed by atoms with van der Waals surface area (Å²) in [5.41, 5.74) is 1.83. The van der Waals surface area contributed by atoms with E-state index in [1.807, 2.05) is 49.4 Å². The predicted octanol–water partition coefficient (Wildman–Crippen LogP) is 4.79. The molecule has 2 aromatic carbocycles. The summed E-state index contributed by atoms with van der Waals surface area (Å²) in [6.45, 7) is 8.01. The van der Waals surface area contributed by atoms with Gasteiger partial charge >= 0.3 is 0 Å². The Morgan fingerprint density at radius 2 is 1.38 bits per heavy atom. The predicted molar refractivity (Wildman–Crippen MR) is 99.6 cm³/mol. The van der Waals surface area contributed by atoms with Gasteiger partial charge in [0.15, 0.2) is 5.43 Å². The van der Waals surface area contributed by atoms with Gasteiger partial charge in [-0.25, -0.2) is 0 Å². The Bertz CT molecular complexity index is 973. The van der Waals surface area contributed by atoms with Crippen molar-refractivity contribution in [3.8, 4) is 0 Å². The lowest BCUT2D eigenvalue weighted by Crippen LogP contribution is -2.19. The highest BCUT2D eigenvalue weighted by Crippen LogP contribution is 2.23. The Balaban J connectivity index is 2.42. The molecule has 0 unspecified atom stereocenters. The molecular weight excluding hydrogens is 298 g/mol. The molecular formula is C21H21NO2. The summed E-state index contributed by atoms with van der Waals surface area (Å²) in [5, 5.41) is 1.13. The number of benzene rings is 2. The minimum Gasteiger partial charge on any atom is -0.288 e. The van der Waals surface area contributed by atoms with Crippen LogP contribution in [0.3, 0.4) is 0 Å². The number of hydrogen-bond donors (Lipinski definition) is 0. The first kappa shape index (κ1) is 16.2. The van der Waals surface area contributed by atoms with Gasteiger partial charge in [0, 0.05) is 16.3 Å². The van der Waals surface area contributed by atoms with Gasteiger partial charge in [0.05, 0.1) is 11.0 Å². The fourth-order valence-electron chi connectivity index (χ4n) is 3.10. The van der Waals surface area contributed by atoms with Crippen molar-refractivity contribution in [1.29, 1.82) is 0 Å². The van der Waals surface area contributed by atoms with E-state index in [2.05, 4.69) is 20.8 Å². The lowest BCUT2D eigenvalue weighted by atomic mass is 9.93. The molecule has 0 aliphatic rings.